The number of nitrogens with zero attached hydrogens (tertiary/aromatic N) is 4. The van der Waals surface area contributed by atoms with Crippen molar-refractivity contribution in [2.45, 2.75) is 25.2 Å². The summed E-state index contributed by atoms with van der Waals surface area (Å²) in [5, 5.41) is 0. The second kappa shape index (κ2) is 8.41. The van der Waals surface area contributed by atoms with Gasteiger partial charge in [0.05, 0.1) is 18.4 Å². The smallest absolute Gasteiger partial charge is 0.322 e. The maximum Gasteiger partial charge on any atom is 0.401 e. The molecule has 11 heteroatoms. The van der Waals surface area contributed by atoms with E-state index in [2.05, 4.69) is 9.97 Å². The maximum absolute atomic E-state index is 13.3. The first-order valence-electron chi connectivity index (χ1n) is 9.60. The van der Waals surface area contributed by atoms with Crippen molar-refractivity contribution in [3.63, 3.8) is 0 Å². The Hall–Kier alpha value is -3.15. The van der Waals surface area contributed by atoms with Crippen LogP contribution in [-0.4, -0.2) is 33.9 Å². The van der Waals surface area contributed by atoms with Gasteiger partial charge in [-0.1, -0.05) is 12.1 Å². The second-order valence-electron chi connectivity index (χ2n) is 7.37. The molecule has 0 amide bonds. The summed E-state index contributed by atoms with van der Waals surface area (Å²) in [6, 6.07) is 10.9. The minimum Gasteiger partial charge on any atom is -0.322 e. The Kier molecular flexibility index (Phi) is 5.80. The highest BCUT2D eigenvalue weighted by molar-refractivity contribution is 5.61. The number of hydrogen-bond acceptors (Lipinski definition) is 6. The highest BCUT2D eigenvalue weighted by Crippen LogP contribution is 2.36. The molecule has 2 aromatic carbocycles. The van der Waals surface area contributed by atoms with Crippen molar-refractivity contribution in [2.75, 3.05) is 11.4 Å². The fourth-order valence-corrected chi connectivity index (χ4v) is 3.56. The maximum atomic E-state index is 13.3. The Labute approximate surface area is 180 Å². The Balaban J connectivity index is 1.77. The number of aromatic nitrogens is 2. The number of fused-ring (bicyclic) bond motifs is 1. The molecule has 0 aliphatic carbocycles. The number of halogens is 5. The number of benzene rings is 2. The SMILES string of the molecule is NC1c2nc(-c3ccc(F)cc3)cnc2N(Cc2ccc(F)cc2)C(N)N1CC(F)(F)F. The second-order valence-corrected chi connectivity index (χ2v) is 7.37. The molecule has 0 spiro atoms. The predicted octanol–water partition coefficient (Wildman–Crippen LogP) is 3.51. The molecule has 2 atom stereocenters. The Morgan fingerprint density at radius 1 is 0.906 bits per heavy atom. The van der Waals surface area contributed by atoms with E-state index in [9.17, 15) is 22.0 Å². The minimum atomic E-state index is -4.56. The van der Waals surface area contributed by atoms with Gasteiger partial charge in [-0.05, 0) is 42.0 Å². The Bertz CT molecular complexity index is 1090. The molecule has 168 valence electrons. The predicted molar refractivity (Wildman–Crippen MR) is 108 cm³/mol. The third kappa shape index (κ3) is 4.54. The highest BCUT2D eigenvalue weighted by atomic mass is 19.4. The van der Waals surface area contributed by atoms with Crippen LogP contribution in [0.1, 0.15) is 17.4 Å². The molecule has 1 aliphatic heterocycles. The van der Waals surface area contributed by atoms with Crippen molar-refractivity contribution in [3.8, 4) is 11.3 Å². The molecular weight excluding hydrogens is 431 g/mol. The Morgan fingerprint density at radius 3 is 2.09 bits per heavy atom. The van der Waals surface area contributed by atoms with Gasteiger partial charge in [-0.2, -0.15) is 13.2 Å². The van der Waals surface area contributed by atoms with Crippen LogP contribution in [0.15, 0.2) is 54.7 Å². The number of alkyl halides is 3. The first kappa shape index (κ1) is 22.1. The summed E-state index contributed by atoms with van der Waals surface area (Å²) >= 11 is 0. The van der Waals surface area contributed by atoms with Crippen LogP contribution in [0, 0.1) is 11.6 Å². The number of rotatable bonds is 4. The van der Waals surface area contributed by atoms with Gasteiger partial charge in [0.1, 0.15) is 29.8 Å². The molecular formula is C21H19F5N6. The van der Waals surface area contributed by atoms with Crippen molar-refractivity contribution in [1.29, 1.82) is 0 Å². The third-order valence-electron chi connectivity index (χ3n) is 5.12. The van der Waals surface area contributed by atoms with E-state index in [1.807, 2.05) is 0 Å². The fourth-order valence-electron chi connectivity index (χ4n) is 3.56. The van der Waals surface area contributed by atoms with Crippen LogP contribution in [-0.2, 0) is 6.54 Å². The van der Waals surface area contributed by atoms with Crippen molar-refractivity contribution in [2.24, 2.45) is 11.5 Å². The van der Waals surface area contributed by atoms with E-state index < -0.39 is 36.8 Å². The van der Waals surface area contributed by atoms with E-state index >= 15 is 0 Å². The standard InChI is InChI=1S/C21H19F5N6/c22-14-5-1-12(2-6-14)10-31-19-17(18(27)32(20(31)28)11-21(24,25)26)30-16(9-29-19)13-3-7-15(23)8-4-13/h1-9,18,20H,10-11,27-28H2. The fraction of sp³-hybridized carbons (Fsp3) is 0.238. The molecule has 32 heavy (non-hydrogen) atoms. The van der Waals surface area contributed by atoms with E-state index in [0.717, 1.165) is 4.90 Å². The molecule has 2 heterocycles. The average molecular weight is 450 g/mol. The van der Waals surface area contributed by atoms with Gasteiger partial charge in [0.2, 0.25) is 0 Å². The van der Waals surface area contributed by atoms with Gasteiger partial charge in [0, 0.05) is 12.1 Å². The summed E-state index contributed by atoms with van der Waals surface area (Å²) in [4.78, 5) is 11.1. The third-order valence-corrected chi connectivity index (χ3v) is 5.12. The topological polar surface area (TPSA) is 84.3 Å². The number of nitrogens with two attached hydrogens (primary N) is 2. The Morgan fingerprint density at radius 2 is 1.50 bits per heavy atom. The van der Waals surface area contributed by atoms with Crippen LogP contribution in [0.25, 0.3) is 11.3 Å². The van der Waals surface area contributed by atoms with E-state index in [4.69, 9.17) is 11.5 Å². The van der Waals surface area contributed by atoms with E-state index in [1.54, 1.807) is 0 Å². The largest absolute Gasteiger partial charge is 0.401 e. The van der Waals surface area contributed by atoms with Gasteiger partial charge in [-0.3, -0.25) is 5.73 Å². The number of anilines is 1. The molecule has 1 aliphatic rings. The number of hydrogen-bond donors (Lipinski definition) is 2. The van der Waals surface area contributed by atoms with Gasteiger partial charge in [0.15, 0.2) is 5.82 Å². The lowest BCUT2D eigenvalue weighted by Gasteiger charge is -2.45. The molecule has 0 fully saturated rings. The molecule has 0 bridgehead atoms. The molecule has 2 unspecified atom stereocenters. The van der Waals surface area contributed by atoms with Crippen LogP contribution in [0.2, 0.25) is 0 Å². The van der Waals surface area contributed by atoms with Crippen LogP contribution < -0.4 is 16.4 Å². The van der Waals surface area contributed by atoms with Gasteiger partial charge >= 0.3 is 6.18 Å². The van der Waals surface area contributed by atoms with E-state index in [0.29, 0.717) is 16.8 Å². The lowest BCUT2D eigenvalue weighted by atomic mass is 10.1. The van der Waals surface area contributed by atoms with Crippen molar-refractivity contribution >= 4 is 5.82 Å². The van der Waals surface area contributed by atoms with Crippen LogP contribution in [0.5, 0.6) is 0 Å². The summed E-state index contributed by atoms with van der Waals surface area (Å²) in [6.07, 6.45) is -5.67. The van der Waals surface area contributed by atoms with Gasteiger partial charge < -0.3 is 10.6 Å². The van der Waals surface area contributed by atoms with Gasteiger partial charge in [0.25, 0.3) is 0 Å². The van der Waals surface area contributed by atoms with Gasteiger partial charge in [-0.25, -0.2) is 23.6 Å². The normalized spacial score (nSPS) is 19.2. The molecule has 4 rings (SSSR count). The molecule has 3 aromatic rings. The summed E-state index contributed by atoms with van der Waals surface area (Å²) in [7, 11) is 0. The quantitative estimate of drug-likeness (QED) is 0.592. The zero-order valence-electron chi connectivity index (χ0n) is 16.6. The summed E-state index contributed by atoms with van der Waals surface area (Å²) in [6.45, 7) is -1.31. The minimum absolute atomic E-state index is 0.0557. The van der Waals surface area contributed by atoms with E-state index in [1.165, 1.54) is 59.6 Å². The monoisotopic (exact) mass is 450 g/mol. The van der Waals surface area contributed by atoms with Crippen molar-refractivity contribution in [1.82, 2.24) is 14.9 Å². The molecule has 0 saturated carbocycles. The summed E-state index contributed by atoms with van der Waals surface area (Å²) < 4.78 is 66.3. The van der Waals surface area contributed by atoms with E-state index in [-0.39, 0.29) is 18.1 Å². The lowest BCUT2D eigenvalue weighted by Crippen LogP contribution is -2.62. The zero-order chi connectivity index (χ0) is 23.0. The zero-order valence-corrected chi connectivity index (χ0v) is 16.6. The molecule has 6 nitrogen and oxygen atoms in total. The molecule has 4 N–H and O–H groups in total. The van der Waals surface area contributed by atoms with Crippen molar-refractivity contribution in [3.05, 3.63) is 77.6 Å². The van der Waals surface area contributed by atoms with Crippen LogP contribution in [0.4, 0.5) is 27.8 Å². The van der Waals surface area contributed by atoms with Crippen LogP contribution in [0.3, 0.4) is 0 Å². The first-order chi connectivity index (χ1) is 15.1. The summed E-state index contributed by atoms with van der Waals surface area (Å²) in [5.74, 6) is -0.663. The van der Waals surface area contributed by atoms with Crippen molar-refractivity contribution < 1.29 is 22.0 Å². The van der Waals surface area contributed by atoms with Gasteiger partial charge in [-0.15, -0.1) is 0 Å². The highest BCUT2D eigenvalue weighted by Gasteiger charge is 2.43. The first-order valence-corrected chi connectivity index (χ1v) is 9.60. The molecule has 0 radical (unpaired) electrons. The molecule has 1 aromatic heterocycles. The molecule has 0 saturated heterocycles. The average Bonchev–Trinajstić information content (AvgIpc) is 2.75. The summed E-state index contributed by atoms with van der Waals surface area (Å²) in [5.41, 5.74) is 13.9. The lowest BCUT2D eigenvalue weighted by molar-refractivity contribution is -0.158. The van der Waals surface area contributed by atoms with Crippen LogP contribution >= 0.6 is 0 Å².